The number of anilines is 2. The van der Waals surface area contributed by atoms with E-state index in [1.165, 1.54) is 6.33 Å². The van der Waals surface area contributed by atoms with E-state index in [-0.39, 0.29) is 5.75 Å². The maximum atomic E-state index is 10.0. The highest BCUT2D eigenvalue weighted by atomic mass is 35.5. The fourth-order valence-corrected chi connectivity index (χ4v) is 2.78. The molecule has 2 aromatic heterocycles. The van der Waals surface area contributed by atoms with Crippen molar-refractivity contribution in [2.24, 2.45) is 0 Å². The smallest absolute Gasteiger partial charge is 0.143 e. The molecule has 4 aromatic rings. The Hall–Kier alpha value is -3.05. The summed E-state index contributed by atoms with van der Waals surface area (Å²) in [6.07, 6.45) is 1.49. The number of nitrogens with zero attached hydrogens (tertiary/aromatic N) is 2. The van der Waals surface area contributed by atoms with E-state index in [9.17, 15) is 5.11 Å². The molecule has 2 heterocycles. The molecule has 0 saturated carbocycles. The van der Waals surface area contributed by atoms with Gasteiger partial charge in [-0.1, -0.05) is 29.8 Å². The number of phenols is 1. The second kappa shape index (κ2) is 5.86. The molecule has 0 aliphatic carbocycles. The van der Waals surface area contributed by atoms with Crippen LogP contribution >= 0.6 is 11.6 Å². The predicted octanol–water partition coefficient (Wildman–Crippen LogP) is 4.73. The van der Waals surface area contributed by atoms with Gasteiger partial charge in [-0.05, 0) is 36.4 Å². The molecule has 0 bridgehead atoms. The lowest BCUT2D eigenvalue weighted by Gasteiger charge is -2.06. The molecule has 0 aliphatic heterocycles. The molecular weight excluding hydrogens is 324 g/mol. The van der Waals surface area contributed by atoms with E-state index in [0.717, 1.165) is 16.8 Å². The Balaban J connectivity index is 1.79. The molecule has 4 rings (SSSR count). The summed E-state index contributed by atoms with van der Waals surface area (Å²) in [6.45, 7) is 0. The second-order valence-corrected chi connectivity index (χ2v) is 5.76. The Bertz CT molecular complexity index is 1030. The van der Waals surface area contributed by atoms with Gasteiger partial charge >= 0.3 is 0 Å². The average Bonchev–Trinajstić information content (AvgIpc) is 3.00. The van der Waals surface area contributed by atoms with Gasteiger partial charge in [0.05, 0.1) is 11.1 Å². The van der Waals surface area contributed by atoms with E-state index in [1.54, 1.807) is 12.1 Å². The molecule has 0 amide bonds. The normalized spacial score (nSPS) is 10.9. The van der Waals surface area contributed by atoms with E-state index in [2.05, 4.69) is 20.3 Å². The minimum absolute atomic E-state index is 0.210. The van der Waals surface area contributed by atoms with Crippen molar-refractivity contribution < 1.29 is 5.11 Å². The van der Waals surface area contributed by atoms with Gasteiger partial charge in [0.25, 0.3) is 0 Å². The van der Waals surface area contributed by atoms with E-state index in [0.29, 0.717) is 22.1 Å². The first-order valence-electron chi connectivity index (χ1n) is 7.35. The largest absolute Gasteiger partial charge is 0.507 e. The van der Waals surface area contributed by atoms with Crippen LogP contribution in [-0.2, 0) is 0 Å². The highest BCUT2D eigenvalue weighted by molar-refractivity contribution is 6.30. The third-order valence-corrected chi connectivity index (χ3v) is 3.94. The summed E-state index contributed by atoms with van der Waals surface area (Å²) in [5.41, 5.74) is 3.02. The van der Waals surface area contributed by atoms with Crippen LogP contribution in [0.3, 0.4) is 0 Å². The van der Waals surface area contributed by atoms with Crippen molar-refractivity contribution in [3.8, 4) is 17.0 Å². The minimum Gasteiger partial charge on any atom is -0.507 e. The molecule has 5 nitrogen and oxygen atoms in total. The van der Waals surface area contributed by atoms with Crippen molar-refractivity contribution in [3.05, 3.63) is 65.9 Å². The highest BCUT2D eigenvalue weighted by Gasteiger charge is 2.11. The Morgan fingerprint density at radius 2 is 1.88 bits per heavy atom. The molecule has 0 saturated heterocycles. The number of rotatable bonds is 3. The number of aromatic amines is 1. The Labute approximate surface area is 143 Å². The number of H-pyrrole nitrogens is 1. The van der Waals surface area contributed by atoms with Crippen molar-refractivity contribution in [3.63, 3.8) is 0 Å². The van der Waals surface area contributed by atoms with Gasteiger partial charge in [-0.3, -0.25) is 0 Å². The molecule has 0 aliphatic rings. The standard InChI is InChI=1S/C18H13ClN4O/c19-11-4-3-5-12(8-11)22-17-14-9-15(23-18(14)21-10-20-17)13-6-1-2-7-16(13)24/h1-10,24H,(H2,20,21,22,23). The zero-order valence-electron chi connectivity index (χ0n) is 12.5. The third-order valence-electron chi connectivity index (χ3n) is 3.71. The maximum Gasteiger partial charge on any atom is 0.143 e. The van der Waals surface area contributed by atoms with Gasteiger partial charge in [-0.2, -0.15) is 0 Å². The molecule has 0 fully saturated rings. The number of aromatic hydroxyl groups is 1. The Morgan fingerprint density at radius 1 is 1.00 bits per heavy atom. The van der Waals surface area contributed by atoms with Crippen LogP contribution in [-0.4, -0.2) is 20.1 Å². The number of hydrogen-bond acceptors (Lipinski definition) is 4. The SMILES string of the molecule is Oc1ccccc1-c1cc2c(Nc3cccc(Cl)c3)ncnc2[nH]1. The van der Waals surface area contributed by atoms with Crippen LogP contribution in [0.25, 0.3) is 22.3 Å². The van der Waals surface area contributed by atoms with Gasteiger partial charge in [0.15, 0.2) is 0 Å². The lowest BCUT2D eigenvalue weighted by Crippen LogP contribution is -1.94. The van der Waals surface area contributed by atoms with Crippen molar-refractivity contribution in [2.75, 3.05) is 5.32 Å². The van der Waals surface area contributed by atoms with Gasteiger partial charge in [0.2, 0.25) is 0 Å². The molecule has 3 N–H and O–H groups in total. The molecule has 0 unspecified atom stereocenters. The number of benzene rings is 2. The third kappa shape index (κ3) is 2.66. The van der Waals surface area contributed by atoms with Gasteiger partial charge in [-0.25, -0.2) is 9.97 Å². The zero-order valence-corrected chi connectivity index (χ0v) is 13.2. The Morgan fingerprint density at radius 3 is 2.71 bits per heavy atom. The summed E-state index contributed by atoms with van der Waals surface area (Å²) < 4.78 is 0. The lowest BCUT2D eigenvalue weighted by atomic mass is 10.1. The molecule has 0 atom stereocenters. The van der Waals surface area contributed by atoms with Crippen molar-refractivity contribution in [1.29, 1.82) is 0 Å². The van der Waals surface area contributed by atoms with Crippen LogP contribution < -0.4 is 5.32 Å². The first-order chi connectivity index (χ1) is 11.7. The fourth-order valence-electron chi connectivity index (χ4n) is 2.59. The molecular formula is C18H13ClN4O. The fraction of sp³-hybridized carbons (Fsp3) is 0. The maximum absolute atomic E-state index is 10.0. The van der Waals surface area contributed by atoms with Crippen LogP contribution in [0.1, 0.15) is 0 Å². The van der Waals surface area contributed by atoms with Gasteiger partial charge < -0.3 is 15.4 Å². The quantitative estimate of drug-likeness (QED) is 0.505. The van der Waals surface area contributed by atoms with Gasteiger partial charge in [-0.15, -0.1) is 0 Å². The topological polar surface area (TPSA) is 73.8 Å². The van der Waals surface area contributed by atoms with Crippen molar-refractivity contribution in [1.82, 2.24) is 15.0 Å². The van der Waals surface area contributed by atoms with Crippen LogP contribution in [0.2, 0.25) is 5.02 Å². The summed E-state index contributed by atoms with van der Waals surface area (Å²) in [5.74, 6) is 0.876. The first-order valence-corrected chi connectivity index (χ1v) is 7.73. The van der Waals surface area contributed by atoms with E-state index in [1.807, 2.05) is 42.5 Å². The number of aromatic nitrogens is 3. The molecule has 0 spiro atoms. The van der Waals surface area contributed by atoms with Gasteiger partial charge in [0, 0.05) is 16.3 Å². The van der Waals surface area contributed by atoms with Crippen molar-refractivity contribution >= 4 is 34.1 Å². The van der Waals surface area contributed by atoms with E-state index < -0.39 is 0 Å². The number of phenolic OH excluding ortho intramolecular Hbond substituents is 1. The van der Waals surface area contributed by atoms with Crippen LogP contribution in [0.4, 0.5) is 11.5 Å². The van der Waals surface area contributed by atoms with Crippen LogP contribution in [0.5, 0.6) is 5.75 Å². The molecule has 6 heteroatoms. The van der Waals surface area contributed by atoms with E-state index >= 15 is 0 Å². The Kier molecular flexibility index (Phi) is 3.55. The summed E-state index contributed by atoms with van der Waals surface area (Å²) >= 11 is 6.02. The lowest BCUT2D eigenvalue weighted by molar-refractivity contribution is 0.477. The number of hydrogen-bond donors (Lipinski definition) is 3. The summed E-state index contributed by atoms with van der Waals surface area (Å²) in [7, 11) is 0. The zero-order chi connectivity index (χ0) is 16.5. The summed E-state index contributed by atoms with van der Waals surface area (Å²) in [4.78, 5) is 11.8. The second-order valence-electron chi connectivity index (χ2n) is 5.32. The first kappa shape index (κ1) is 14.5. The summed E-state index contributed by atoms with van der Waals surface area (Å²) in [6, 6.07) is 16.5. The van der Waals surface area contributed by atoms with Crippen molar-refractivity contribution in [2.45, 2.75) is 0 Å². The number of fused-ring (bicyclic) bond motifs is 1. The number of para-hydroxylation sites is 1. The van der Waals surface area contributed by atoms with Crippen LogP contribution in [0, 0.1) is 0 Å². The molecule has 118 valence electrons. The predicted molar refractivity (Wildman–Crippen MR) is 95.7 cm³/mol. The number of halogens is 1. The number of nitrogens with one attached hydrogen (secondary N) is 2. The van der Waals surface area contributed by atoms with Crippen LogP contribution in [0.15, 0.2) is 60.9 Å². The highest BCUT2D eigenvalue weighted by Crippen LogP contribution is 2.32. The molecule has 24 heavy (non-hydrogen) atoms. The monoisotopic (exact) mass is 336 g/mol. The minimum atomic E-state index is 0.210. The average molecular weight is 337 g/mol. The molecule has 0 radical (unpaired) electrons. The summed E-state index contributed by atoms with van der Waals surface area (Å²) in [5, 5.41) is 14.8. The van der Waals surface area contributed by atoms with E-state index in [4.69, 9.17) is 11.6 Å². The molecule has 2 aromatic carbocycles. The van der Waals surface area contributed by atoms with Gasteiger partial charge in [0.1, 0.15) is 23.5 Å².